The van der Waals surface area contributed by atoms with E-state index in [1.807, 2.05) is 49.4 Å². The second kappa shape index (κ2) is 10.1. The largest absolute Gasteiger partial charge is 0.493 e. The van der Waals surface area contributed by atoms with E-state index in [2.05, 4.69) is 10.6 Å². The molecule has 132 valence electrons. The lowest BCUT2D eigenvalue weighted by atomic mass is 10.1. The fourth-order valence-corrected chi connectivity index (χ4v) is 2.18. The van der Waals surface area contributed by atoms with E-state index in [1.54, 1.807) is 12.1 Å². The molecule has 0 fully saturated rings. The summed E-state index contributed by atoms with van der Waals surface area (Å²) in [5.41, 5.74) is 1.57. The van der Waals surface area contributed by atoms with Crippen LogP contribution in [0.5, 0.6) is 5.75 Å². The number of hydrogen-bond acceptors (Lipinski definition) is 3. The number of ether oxygens (including phenoxy) is 1. The number of nitrogens with one attached hydrogen (secondary N) is 2. The van der Waals surface area contributed by atoms with Gasteiger partial charge >= 0.3 is 0 Å². The third kappa shape index (κ3) is 6.67. The number of carbonyl (C=O) groups is 2. The van der Waals surface area contributed by atoms with E-state index in [9.17, 15) is 9.59 Å². The zero-order chi connectivity index (χ0) is 17.9. The highest BCUT2D eigenvalue weighted by Crippen LogP contribution is 2.08. The van der Waals surface area contributed by atoms with Gasteiger partial charge in [-0.3, -0.25) is 9.59 Å². The molecule has 2 rings (SSSR count). The molecule has 0 saturated heterocycles. The molecule has 0 atom stereocenters. The van der Waals surface area contributed by atoms with Crippen LogP contribution in [0.3, 0.4) is 0 Å². The number of rotatable bonds is 9. The van der Waals surface area contributed by atoms with Crippen LogP contribution in [0.25, 0.3) is 0 Å². The third-order valence-corrected chi connectivity index (χ3v) is 3.58. The average Bonchev–Trinajstić information content (AvgIpc) is 2.65. The summed E-state index contributed by atoms with van der Waals surface area (Å²) in [6.45, 7) is 3.45. The van der Waals surface area contributed by atoms with Gasteiger partial charge in [0.25, 0.3) is 5.91 Å². The van der Waals surface area contributed by atoms with Gasteiger partial charge in [-0.05, 0) is 36.2 Å². The van der Waals surface area contributed by atoms with Crippen molar-refractivity contribution >= 4 is 11.8 Å². The maximum absolute atomic E-state index is 11.8. The van der Waals surface area contributed by atoms with Gasteiger partial charge in [-0.15, -0.1) is 0 Å². The van der Waals surface area contributed by atoms with E-state index < -0.39 is 0 Å². The highest BCUT2D eigenvalue weighted by atomic mass is 16.5. The molecule has 0 aliphatic rings. The van der Waals surface area contributed by atoms with Crippen molar-refractivity contribution in [2.45, 2.75) is 26.3 Å². The molecular weight excluding hydrogens is 316 g/mol. The molecule has 0 bridgehead atoms. The molecule has 0 aromatic heterocycles. The summed E-state index contributed by atoms with van der Waals surface area (Å²) in [6, 6.07) is 16.6. The molecule has 2 aromatic carbocycles. The Morgan fingerprint density at radius 3 is 2.36 bits per heavy atom. The van der Waals surface area contributed by atoms with Crippen molar-refractivity contribution in [2.75, 3.05) is 13.2 Å². The molecule has 5 heteroatoms. The lowest BCUT2D eigenvalue weighted by molar-refractivity contribution is -0.121. The van der Waals surface area contributed by atoms with Crippen molar-refractivity contribution in [3.63, 3.8) is 0 Å². The minimum atomic E-state index is -0.0736. The fraction of sp³-hybridized carbons (Fsp3) is 0.300. The van der Waals surface area contributed by atoms with Gasteiger partial charge in [-0.25, -0.2) is 0 Å². The molecule has 0 spiro atoms. The Balaban J connectivity index is 1.69. The topological polar surface area (TPSA) is 67.4 Å². The predicted molar refractivity (Wildman–Crippen MR) is 97.5 cm³/mol. The monoisotopic (exact) mass is 340 g/mol. The Morgan fingerprint density at radius 2 is 1.68 bits per heavy atom. The summed E-state index contributed by atoms with van der Waals surface area (Å²) in [6.07, 6.45) is 1.20. The zero-order valence-electron chi connectivity index (χ0n) is 14.5. The van der Waals surface area contributed by atoms with Crippen molar-refractivity contribution in [3.05, 3.63) is 65.7 Å². The first-order chi connectivity index (χ1) is 12.2. The van der Waals surface area contributed by atoms with E-state index in [1.165, 1.54) is 0 Å². The summed E-state index contributed by atoms with van der Waals surface area (Å²) >= 11 is 0. The summed E-state index contributed by atoms with van der Waals surface area (Å²) in [5, 5.41) is 5.68. The Bertz CT molecular complexity index is 669. The first-order valence-electron chi connectivity index (χ1n) is 8.50. The lowest BCUT2D eigenvalue weighted by Crippen LogP contribution is -2.25. The van der Waals surface area contributed by atoms with E-state index in [0.717, 1.165) is 17.7 Å². The van der Waals surface area contributed by atoms with Crippen molar-refractivity contribution < 1.29 is 14.3 Å². The smallest absolute Gasteiger partial charge is 0.251 e. The van der Waals surface area contributed by atoms with E-state index in [0.29, 0.717) is 31.7 Å². The quantitative estimate of drug-likeness (QED) is 0.737. The van der Waals surface area contributed by atoms with Gasteiger partial charge in [0.05, 0.1) is 13.0 Å². The average molecular weight is 340 g/mol. The van der Waals surface area contributed by atoms with Crippen LogP contribution < -0.4 is 15.4 Å². The molecule has 0 aliphatic carbocycles. The number of hydrogen-bond donors (Lipinski definition) is 2. The molecule has 5 nitrogen and oxygen atoms in total. The first kappa shape index (κ1) is 18.5. The second-order valence-corrected chi connectivity index (χ2v) is 5.64. The Labute approximate surface area is 148 Å². The molecule has 2 amide bonds. The highest BCUT2D eigenvalue weighted by molar-refractivity contribution is 5.94. The zero-order valence-corrected chi connectivity index (χ0v) is 14.5. The molecule has 25 heavy (non-hydrogen) atoms. The van der Waals surface area contributed by atoms with Crippen LogP contribution in [-0.4, -0.2) is 25.0 Å². The fourth-order valence-electron chi connectivity index (χ4n) is 2.18. The maximum atomic E-state index is 11.8. The minimum absolute atomic E-state index is 0.0688. The second-order valence-electron chi connectivity index (χ2n) is 5.64. The Kier molecular flexibility index (Phi) is 7.50. The molecule has 2 aromatic rings. The number of carbonyl (C=O) groups excluding carboxylic acids is 2. The Hall–Kier alpha value is -2.82. The molecular formula is C20H24N2O3. The van der Waals surface area contributed by atoms with Gasteiger partial charge in [0, 0.05) is 18.7 Å². The SMILES string of the molecule is CCCNC(=O)c1ccc(CNC(=O)CCOc2ccccc2)cc1. The summed E-state index contributed by atoms with van der Waals surface area (Å²) in [7, 11) is 0. The number of amides is 2. The molecule has 0 saturated carbocycles. The van der Waals surface area contributed by atoms with Crippen molar-refractivity contribution in [3.8, 4) is 5.75 Å². The van der Waals surface area contributed by atoms with Crippen molar-refractivity contribution in [2.24, 2.45) is 0 Å². The molecule has 0 radical (unpaired) electrons. The van der Waals surface area contributed by atoms with Crippen LogP contribution in [0.15, 0.2) is 54.6 Å². The molecule has 0 heterocycles. The number of benzene rings is 2. The van der Waals surface area contributed by atoms with Crippen LogP contribution in [-0.2, 0) is 11.3 Å². The summed E-state index contributed by atoms with van der Waals surface area (Å²) in [5.74, 6) is 0.614. The predicted octanol–water partition coefficient (Wildman–Crippen LogP) is 2.91. The van der Waals surface area contributed by atoms with E-state index in [-0.39, 0.29) is 11.8 Å². The van der Waals surface area contributed by atoms with Crippen molar-refractivity contribution in [1.29, 1.82) is 0 Å². The van der Waals surface area contributed by atoms with Crippen LogP contribution >= 0.6 is 0 Å². The van der Waals surface area contributed by atoms with Gasteiger partial charge < -0.3 is 15.4 Å². The molecule has 0 aliphatic heterocycles. The van der Waals surface area contributed by atoms with Gasteiger partial charge in [0.1, 0.15) is 5.75 Å². The lowest BCUT2D eigenvalue weighted by Gasteiger charge is -2.08. The summed E-state index contributed by atoms with van der Waals surface area (Å²) in [4.78, 5) is 23.7. The van der Waals surface area contributed by atoms with Gasteiger partial charge in [0.15, 0.2) is 0 Å². The van der Waals surface area contributed by atoms with Gasteiger partial charge in [-0.1, -0.05) is 37.3 Å². The first-order valence-corrected chi connectivity index (χ1v) is 8.50. The molecule has 2 N–H and O–H groups in total. The van der Waals surface area contributed by atoms with E-state index in [4.69, 9.17) is 4.74 Å². The summed E-state index contributed by atoms with van der Waals surface area (Å²) < 4.78 is 5.50. The van der Waals surface area contributed by atoms with Crippen LogP contribution in [0.1, 0.15) is 35.7 Å². The molecule has 0 unspecified atom stereocenters. The van der Waals surface area contributed by atoms with Crippen molar-refractivity contribution in [1.82, 2.24) is 10.6 Å². The van der Waals surface area contributed by atoms with Crippen LogP contribution in [0, 0.1) is 0 Å². The third-order valence-electron chi connectivity index (χ3n) is 3.58. The standard InChI is InChI=1S/C20H24N2O3/c1-2-13-21-20(24)17-10-8-16(9-11-17)15-22-19(23)12-14-25-18-6-4-3-5-7-18/h3-11H,2,12-15H2,1H3,(H,21,24)(H,22,23). The Morgan fingerprint density at radius 1 is 0.960 bits per heavy atom. The van der Waals surface area contributed by atoms with Crippen LogP contribution in [0.2, 0.25) is 0 Å². The minimum Gasteiger partial charge on any atom is -0.493 e. The highest BCUT2D eigenvalue weighted by Gasteiger charge is 2.05. The maximum Gasteiger partial charge on any atom is 0.251 e. The van der Waals surface area contributed by atoms with Gasteiger partial charge in [0.2, 0.25) is 5.91 Å². The van der Waals surface area contributed by atoms with Crippen LogP contribution in [0.4, 0.5) is 0 Å². The van der Waals surface area contributed by atoms with E-state index >= 15 is 0 Å². The van der Waals surface area contributed by atoms with Gasteiger partial charge in [-0.2, -0.15) is 0 Å². The number of para-hydroxylation sites is 1. The normalized spacial score (nSPS) is 10.1.